The molecular weight excluding hydrogens is 300 g/mol. The Bertz CT molecular complexity index is 704. The van der Waals surface area contributed by atoms with E-state index in [0.29, 0.717) is 17.7 Å². The number of carbonyl (C=O) groups is 2. The first-order chi connectivity index (χ1) is 11.3. The second kappa shape index (κ2) is 7.54. The highest BCUT2D eigenvalue weighted by atomic mass is 16.5. The van der Waals surface area contributed by atoms with E-state index < -0.39 is 0 Å². The second-order valence-corrected chi connectivity index (χ2v) is 6.98. The molecule has 0 fully saturated rings. The molecule has 0 aliphatic rings. The number of carbonyl (C=O) groups excluding carboxylic acids is 2. The van der Waals surface area contributed by atoms with Crippen LogP contribution in [0, 0.1) is 0 Å². The summed E-state index contributed by atoms with van der Waals surface area (Å²) in [7, 11) is 1.63. The minimum Gasteiger partial charge on any atom is -0.380 e. The molecule has 3 heteroatoms. The van der Waals surface area contributed by atoms with Crippen LogP contribution >= 0.6 is 0 Å². The van der Waals surface area contributed by atoms with Gasteiger partial charge in [-0.3, -0.25) is 9.59 Å². The van der Waals surface area contributed by atoms with Crippen LogP contribution < -0.4 is 0 Å². The summed E-state index contributed by atoms with van der Waals surface area (Å²) in [6, 6.07) is 14.7. The van der Waals surface area contributed by atoms with Gasteiger partial charge in [-0.25, -0.2) is 0 Å². The number of benzene rings is 2. The first-order valence-electron chi connectivity index (χ1n) is 8.06. The van der Waals surface area contributed by atoms with Crippen molar-refractivity contribution >= 4 is 11.6 Å². The van der Waals surface area contributed by atoms with Gasteiger partial charge in [-0.2, -0.15) is 0 Å². The Labute approximate surface area is 143 Å². The molecule has 0 saturated carbocycles. The lowest BCUT2D eigenvalue weighted by Crippen LogP contribution is -2.12. The van der Waals surface area contributed by atoms with Gasteiger partial charge >= 0.3 is 0 Å². The molecule has 3 nitrogen and oxygen atoms in total. The summed E-state index contributed by atoms with van der Waals surface area (Å²) in [4.78, 5) is 24.6. The van der Waals surface area contributed by atoms with Gasteiger partial charge in [-0.1, -0.05) is 69.3 Å². The molecule has 0 heterocycles. The number of ether oxygens (including phenoxy) is 1. The molecule has 126 valence electrons. The zero-order chi connectivity index (χ0) is 17.7. The molecule has 2 rings (SSSR count). The SMILES string of the molecule is COCc1ccc(C(=O)CC(=O)c2ccc(C(C)(C)C)cc2)cc1. The van der Waals surface area contributed by atoms with Gasteiger partial charge < -0.3 is 4.74 Å². The Balaban J connectivity index is 2.04. The molecule has 24 heavy (non-hydrogen) atoms. The van der Waals surface area contributed by atoms with E-state index in [2.05, 4.69) is 20.8 Å². The van der Waals surface area contributed by atoms with E-state index in [1.807, 2.05) is 24.3 Å². The van der Waals surface area contributed by atoms with Gasteiger partial charge in [-0.05, 0) is 16.5 Å². The van der Waals surface area contributed by atoms with Gasteiger partial charge in [0.15, 0.2) is 11.6 Å². The number of hydrogen-bond donors (Lipinski definition) is 0. The maximum absolute atomic E-state index is 12.3. The maximum Gasteiger partial charge on any atom is 0.170 e. The molecule has 0 amide bonds. The lowest BCUT2D eigenvalue weighted by Gasteiger charge is -2.18. The summed E-state index contributed by atoms with van der Waals surface area (Å²) in [5.41, 5.74) is 3.33. The van der Waals surface area contributed by atoms with Gasteiger partial charge in [0.05, 0.1) is 13.0 Å². The first-order valence-corrected chi connectivity index (χ1v) is 8.06. The second-order valence-electron chi connectivity index (χ2n) is 6.98. The summed E-state index contributed by atoms with van der Waals surface area (Å²) in [6.45, 7) is 6.88. The molecule has 0 atom stereocenters. The van der Waals surface area contributed by atoms with Crippen LogP contribution in [0.25, 0.3) is 0 Å². The smallest absolute Gasteiger partial charge is 0.170 e. The van der Waals surface area contributed by atoms with Crippen LogP contribution in [0.1, 0.15) is 59.0 Å². The number of methoxy groups -OCH3 is 1. The van der Waals surface area contributed by atoms with Crippen molar-refractivity contribution in [1.82, 2.24) is 0 Å². The minimum absolute atomic E-state index is 0.0430. The lowest BCUT2D eigenvalue weighted by atomic mass is 9.86. The van der Waals surface area contributed by atoms with E-state index in [4.69, 9.17) is 4.74 Å². The van der Waals surface area contributed by atoms with Crippen LogP contribution in [0.2, 0.25) is 0 Å². The van der Waals surface area contributed by atoms with Crippen LogP contribution in [-0.2, 0) is 16.8 Å². The standard InChI is InChI=1S/C21H24O3/c1-21(2,3)18-11-9-17(10-12-18)20(23)13-19(22)16-7-5-15(6-8-16)14-24-4/h5-12H,13-14H2,1-4H3. The summed E-state index contributed by atoms with van der Waals surface area (Å²) < 4.78 is 5.05. The number of hydrogen-bond acceptors (Lipinski definition) is 3. The van der Waals surface area contributed by atoms with Crippen LogP contribution in [0.15, 0.2) is 48.5 Å². The largest absolute Gasteiger partial charge is 0.380 e. The summed E-state index contributed by atoms with van der Waals surface area (Å²) in [6.07, 6.45) is -0.113. The van der Waals surface area contributed by atoms with Crippen molar-refractivity contribution in [1.29, 1.82) is 0 Å². The van der Waals surface area contributed by atoms with Crippen molar-refractivity contribution in [3.63, 3.8) is 0 Å². The van der Waals surface area contributed by atoms with Crippen molar-refractivity contribution in [2.75, 3.05) is 7.11 Å². The van der Waals surface area contributed by atoms with Gasteiger partial charge in [-0.15, -0.1) is 0 Å². The van der Waals surface area contributed by atoms with Crippen LogP contribution in [0.3, 0.4) is 0 Å². The Morgan fingerprint density at radius 3 is 1.71 bits per heavy atom. The molecule has 0 unspecified atom stereocenters. The zero-order valence-corrected chi connectivity index (χ0v) is 14.8. The number of rotatable bonds is 6. The van der Waals surface area contributed by atoms with Crippen LogP contribution in [0.4, 0.5) is 0 Å². The Morgan fingerprint density at radius 1 is 0.833 bits per heavy atom. The highest BCUT2D eigenvalue weighted by molar-refractivity contribution is 6.13. The predicted molar refractivity (Wildman–Crippen MR) is 95.6 cm³/mol. The molecule has 0 aliphatic carbocycles. The highest BCUT2D eigenvalue weighted by Crippen LogP contribution is 2.22. The third-order valence-electron chi connectivity index (χ3n) is 3.98. The summed E-state index contributed by atoms with van der Waals surface area (Å²) in [5, 5.41) is 0. The van der Waals surface area contributed by atoms with Crippen molar-refractivity contribution in [3.8, 4) is 0 Å². The molecule has 0 radical (unpaired) electrons. The Morgan fingerprint density at radius 2 is 1.29 bits per heavy atom. The fourth-order valence-electron chi connectivity index (χ4n) is 2.46. The van der Waals surface area contributed by atoms with Crippen molar-refractivity contribution in [2.24, 2.45) is 0 Å². The van der Waals surface area contributed by atoms with Gasteiger partial charge in [0.1, 0.15) is 0 Å². The highest BCUT2D eigenvalue weighted by Gasteiger charge is 2.16. The third-order valence-corrected chi connectivity index (χ3v) is 3.98. The van der Waals surface area contributed by atoms with Crippen LogP contribution in [-0.4, -0.2) is 18.7 Å². The fraction of sp³-hybridized carbons (Fsp3) is 0.333. The van der Waals surface area contributed by atoms with Gasteiger partial charge in [0.2, 0.25) is 0 Å². The quantitative estimate of drug-likeness (QED) is 0.577. The molecular formula is C21H24O3. The van der Waals surface area contributed by atoms with E-state index in [9.17, 15) is 9.59 Å². The predicted octanol–water partition coefficient (Wildman–Crippen LogP) is 4.59. The average molecular weight is 324 g/mol. The third kappa shape index (κ3) is 4.62. The molecule has 2 aromatic carbocycles. The fourth-order valence-corrected chi connectivity index (χ4v) is 2.46. The van der Waals surface area contributed by atoms with E-state index in [0.717, 1.165) is 5.56 Å². The maximum atomic E-state index is 12.3. The molecule has 0 saturated heterocycles. The van der Waals surface area contributed by atoms with Gasteiger partial charge in [0, 0.05) is 18.2 Å². The monoisotopic (exact) mass is 324 g/mol. The molecule has 0 aliphatic heterocycles. The summed E-state index contributed by atoms with van der Waals surface area (Å²) in [5.74, 6) is -0.315. The number of Topliss-reactive ketones (excluding diaryl/α,β-unsaturated/α-hetero) is 2. The number of ketones is 2. The lowest BCUT2D eigenvalue weighted by molar-refractivity contribution is 0.0894. The van der Waals surface area contributed by atoms with Crippen molar-refractivity contribution in [3.05, 3.63) is 70.8 Å². The molecule has 0 N–H and O–H groups in total. The minimum atomic E-state index is -0.163. The summed E-state index contributed by atoms with van der Waals surface area (Å²) >= 11 is 0. The van der Waals surface area contributed by atoms with Crippen molar-refractivity contribution in [2.45, 2.75) is 39.2 Å². The zero-order valence-electron chi connectivity index (χ0n) is 14.8. The Hall–Kier alpha value is -2.26. The van der Waals surface area contributed by atoms with E-state index in [-0.39, 0.29) is 23.4 Å². The molecule has 0 spiro atoms. The van der Waals surface area contributed by atoms with E-state index >= 15 is 0 Å². The average Bonchev–Trinajstić information content (AvgIpc) is 2.55. The van der Waals surface area contributed by atoms with Gasteiger partial charge in [0.25, 0.3) is 0 Å². The van der Waals surface area contributed by atoms with Crippen LogP contribution in [0.5, 0.6) is 0 Å². The molecule has 0 bridgehead atoms. The topological polar surface area (TPSA) is 43.4 Å². The van der Waals surface area contributed by atoms with E-state index in [1.54, 1.807) is 31.4 Å². The normalized spacial score (nSPS) is 11.3. The first kappa shape index (κ1) is 18.1. The van der Waals surface area contributed by atoms with E-state index in [1.165, 1.54) is 5.56 Å². The Kier molecular flexibility index (Phi) is 5.68. The van der Waals surface area contributed by atoms with Crippen molar-refractivity contribution < 1.29 is 14.3 Å². The molecule has 0 aromatic heterocycles. The molecule has 2 aromatic rings.